The van der Waals surface area contributed by atoms with Gasteiger partial charge in [-0.2, -0.15) is 0 Å². The third-order valence-corrected chi connectivity index (χ3v) is 3.70. The minimum Gasteiger partial charge on any atom is -0.481 e. The van der Waals surface area contributed by atoms with E-state index in [0.29, 0.717) is 28.6 Å². The van der Waals surface area contributed by atoms with Gasteiger partial charge in [0.05, 0.1) is 19.0 Å². The van der Waals surface area contributed by atoms with Gasteiger partial charge >= 0.3 is 0 Å². The number of carbonyl (C=O) groups is 1. The Labute approximate surface area is 126 Å². The normalized spacial score (nSPS) is 10.2. The molecule has 2 rings (SSSR count). The molecule has 21 heavy (non-hydrogen) atoms. The molecule has 110 valence electrons. The highest BCUT2D eigenvalue weighted by atomic mass is 32.2. The highest BCUT2D eigenvalue weighted by molar-refractivity contribution is 7.99. The quantitative estimate of drug-likeness (QED) is 0.832. The number of thioether (sulfide) groups is 1. The second-order valence-corrected chi connectivity index (χ2v) is 5.30. The minimum absolute atomic E-state index is 0.134. The van der Waals surface area contributed by atoms with Crippen molar-refractivity contribution in [1.29, 1.82) is 0 Å². The first-order chi connectivity index (χ1) is 10.2. The zero-order chi connectivity index (χ0) is 15.1. The lowest BCUT2D eigenvalue weighted by Crippen LogP contribution is -2.12. The van der Waals surface area contributed by atoms with Gasteiger partial charge in [-0.25, -0.2) is 9.37 Å². The summed E-state index contributed by atoms with van der Waals surface area (Å²) < 4.78 is 18.3. The molecule has 0 spiro atoms. The molecule has 0 aliphatic heterocycles. The molecular formula is C15H15FN2O2S. The van der Waals surface area contributed by atoms with Crippen molar-refractivity contribution < 1.29 is 13.9 Å². The topological polar surface area (TPSA) is 51.2 Å². The molecule has 4 nitrogen and oxygen atoms in total. The van der Waals surface area contributed by atoms with Crippen LogP contribution in [0.1, 0.15) is 6.42 Å². The molecule has 0 atom stereocenters. The van der Waals surface area contributed by atoms with Gasteiger partial charge in [-0.3, -0.25) is 4.79 Å². The van der Waals surface area contributed by atoms with Gasteiger partial charge in [0.2, 0.25) is 11.8 Å². The third kappa shape index (κ3) is 4.75. The van der Waals surface area contributed by atoms with Gasteiger partial charge in [-0.15, -0.1) is 11.8 Å². The summed E-state index contributed by atoms with van der Waals surface area (Å²) in [5.41, 5.74) is 0.608. The SMILES string of the molecule is COc1ccc(NC(=O)CCSc2ccccc2F)cn1. The first-order valence-electron chi connectivity index (χ1n) is 6.36. The van der Waals surface area contributed by atoms with Crippen LogP contribution >= 0.6 is 11.8 Å². The Balaban J connectivity index is 1.78. The van der Waals surface area contributed by atoms with Crippen molar-refractivity contribution >= 4 is 23.4 Å². The van der Waals surface area contributed by atoms with Gasteiger partial charge in [0.25, 0.3) is 0 Å². The number of nitrogens with zero attached hydrogens (tertiary/aromatic N) is 1. The molecule has 1 heterocycles. The van der Waals surface area contributed by atoms with Gasteiger partial charge in [0.1, 0.15) is 5.82 Å². The fraction of sp³-hybridized carbons (Fsp3) is 0.200. The molecule has 0 saturated carbocycles. The Morgan fingerprint density at radius 3 is 2.81 bits per heavy atom. The second kappa shape index (κ2) is 7.64. The summed E-state index contributed by atoms with van der Waals surface area (Å²) in [5, 5.41) is 2.73. The molecule has 1 N–H and O–H groups in total. The summed E-state index contributed by atoms with van der Waals surface area (Å²) >= 11 is 1.32. The summed E-state index contributed by atoms with van der Waals surface area (Å²) in [6.45, 7) is 0. The lowest BCUT2D eigenvalue weighted by atomic mass is 10.3. The first-order valence-corrected chi connectivity index (χ1v) is 7.35. The number of benzene rings is 1. The van der Waals surface area contributed by atoms with Crippen molar-refractivity contribution in [3.05, 3.63) is 48.4 Å². The van der Waals surface area contributed by atoms with E-state index in [4.69, 9.17) is 4.74 Å². The van der Waals surface area contributed by atoms with Crippen LogP contribution in [0.25, 0.3) is 0 Å². The van der Waals surface area contributed by atoms with Gasteiger partial charge in [0, 0.05) is 23.1 Å². The lowest BCUT2D eigenvalue weighted by Gasteiger charge is -2.06. The number of halogens is 1. The predicted molar refractivity (Wildman–Crippen MR) is 81.2 cm³/mol. The van der Waals surface area contributed by atoms with E-state index >= 15 is 0 Å². The van der Waals surface area contributed by atoms with Gasteiger partial charge in [0.15, 0.2) is 0 Å². The molecule has 0 aliphatic rings. The number of hydrogen-bond acceptors (Lipinski definition) is 4. The molecule has 1 amide bonds. The predicted octanol–water partition coefficient (Wildman–Crippen LogP) is 3.35. The monoisotopic (exact) mass is 306 g/mol. The number of nitrogens with one attached hydrogen (secondary N) is 1. The summed E-state index contributed by atoms with van der Waals surface area (Å²) in [6.07, 6.45) is 1.83. The molecular weight excluding hydrogens is 291 g/mol. The number of ether oxygens (including phenoxy) is 1. The number of hydrogen-bond donors (Lipinski definition) is 1. The van der Waals surface area contributed by atoms with E-state index in [1.165, 1.54) is 31.1 Å². The fourth-order valence-electron chi connectivity index (χ4n) is 1.61. The molecule has 0 fully saturated rings. The number of methoxy groups -OCH3 is 1. The van der Waals surface area contributed by atoms with E-state index < -0.39 is 0 Å². The zero-order valence-corrected chi connectivity index (χ0v) is 12.3. The molecule has 0 unspecified atom stereocenters. The van der Waals surface area contributed by atoms with E-state index in [1.807, 2.05) is 0 Å². The van der Waals surface area contributed by atoms with E-state index in [-0.39, 0.29) is 11.7 Å². The summed E-state index contributed by atoms with van der Waals surface area (Å²) in [4.78, 5) is 16.3. The van der Waals surface area contributed by atoms with Crippen molar-refractivity contribution in [2.24, 2.45) is 0 Å². The van der Waals surface area contributed by atoms with Crippen LogP contribution in [0.3, 0.4) is 0 Å². The van der Waals surface area contributed by atoms with Crippen LogP contribution in [0.5, 0.6) is 5.88 Å². The van der Waals surface area contributed by atoms with Crippen LogP contribution in [-0.4, -0.2) is 23.8 Å². The fourth-order valence-corrected chi connectivity index (χ4v) is 2.50. The Morgan fingerprint density at radius 1 is 1.33 bits per heavy atom. The summed E-state index contributed by atoms with van der Waals surface area (Å²) in [7, 11) is 1.53. The van der Waals surface area contributed by atoms with Crippen LogP contribution in [-0.2, 0) is 4.79 Å². The van der Waals surface area contributed by atoms with E-state index in [2.05, 4.69) is 10.3 Å². The van der Waals surface area contributed by atoms with Crippen LogP contribution in [0, 0.1) is 5.82 Å². The summed E-state index contributed by atoms with van der Waals surface area (Å²) in [6, 6.07) is 9.91. The first kappa shape index (κ1) is 15.3. The van der Waals surface area contributed by atoms with Gasteiger partial charge < -0.3 is 10.1 Å². The maximum Gasteiger partial charge on any atom is 0.225 e. The number of anilines is 1. The minimum atomic E-state index is -0.262. The number of amides is 1. The lowest BCUT2D eigenvalue weighted by molar-refractivity contribution is -0.115. The van der Waals surface area contributed by atoms with Crippen LogP contribution in [0.2, 0.25) is 0 Å². The summed E-state index contributed by atoms with van der Waals surface area (Å²) in [5.74, 6) is 0.604. The average Bonchev–Trinajstić information content (AvgIpc) is 2.50. The van der Waals surface area contributed by atoms with Gasteiger partial charge in [-0.1, -0.05) is 12.1 Å². The third-order valence-electron chi connectivity index (χ3n) is 2.65. The molecule has 0 aliphatic carbocycles. The van der Waals surface area contributed by atoms with E-state index in [9.17, 15) is 9.18 Å². The zero-order valence-electron chi connectivity index (χ0n) is 11.5. The van der Waals surface area contributed by atoms with Crippen molar-refractivity contribution in [3.63, 3.8) is 0 Å². The average molecular weight is 306 g/mol. The van der Waals surface area contributed by atoms with Gasteiger partial charge in [-0.05, 0) is 18.2 Å². The Morgan fingerprint density at radius 2 is 2.14 bits per heavy atom. The standard InChI is InChI=1S/C15H15FN2O2S/c1-20-15-7-6-11(10-17-15)18-14(19)8-9-21-13-5-3-2-4-12(13)16/h2-7,10H,8-9H2,1H3,(H,18,19). The van der Waals surface area contributed by atoms with Crippen LogP contribution < -0.4 is 10.1 Å². The van der Waals surface area contributed by atoms with Crippen LogP contribution in [0.15, 0.2) is 47.5 Å². The maximum absolute atomic E-state index is 13.4. The largest absolute Gasteiger partial charge is 0.481 e. The second-order valence-electron chi connectivity index (χ2n) is 4.17. The highest BCUT2D eigenvalue weighted by Crippen LogP contribution is 2.22. The molecule has 1 aromatic carbocycles. The Kier molecular flexibility index (Phi) is 5.57. The van der Waals surface area contributed by atoms with E-state index in [0.717, 1.165) is 0 Å². The van der Waals surface area contributed by atoms with Crippen molar-refractivity contribution in [3.8, 4) is 5.88 Å². The van der Waals surface area contributed by atoms with Crippen molar-refractivity contribution in [1.82, 2.24) is 4.98 Å². The smallest absolute Gasteiger partial charge is 0.225 e. The van der Waals surface area contributed by atoms with Crippen LogP contribution in [0.4, 0.5) is 10.1 Å². The molecule has 6 heteroatoms. The van der Waals surface area contributed by atoms with E-state index in [1.54, 1.807) is 30.3 Å². The van der Waals surface area contributed by atoms with Crippen molar-refractivity contribution in [2.75, 3.05) is 18.2 Å². The molecule has 2 aromatic rings. The molecule has 0 saturated heterocycles. The number of carbonyl (C=O) groups excluding carboxylic acids is 1. The number of aromatic nitrogens is 1. The number of pyridine rings is 1. The molecule has 1 aromatic heterocycles. The number of rotatable bonds is 6. The Hall–Kier alpha value is -2.08. The van der Waals surface area contributed by atoms with Crippen molar-refractivity contribution in [2.45, 2.75) is 11.3 Å². The highest BCUT2D eigenvalue weighted by Gasteiger charge is 2.06. The Bertz CT molecular complexity index is 605. The molecule has 0 radical (unpaired) electrons. The maximum atomic E-state index is 13.4. The molecule has 0 bridgehead atoms.